The molecule has 0 aromatic heterocycles. The van der Waals surface area contributed by atoms with Gasteiger partial charge in [-0.2, -0.15) is 0 Å². The molecule has 0 radical (unpaired) electrons. The molecule has 14 heavy (non-hydrogen) atoms. The Bertz CT molecular complexity index is 157. The lowest BCUT2D eigenvalue weighted by atomic mass is 10.1. The van der Waals surface area contributed by atoms with Gasteiger partial charge in [0.25, 0.3) is 0 Å². The number of ether oxygens (including phenoxy) is 1. The van der Waals surface area contributed by atoms with E-state index in [4.69, 9.17) is 4.74 Å². The summed E-state index contributed by atoms with van der Waals surface area (Å²) in [5, 5.41) is 0. The van der Waals surface area contributed by atoms with Crippen LogP contribution >= 0.6 is 0 Å². The van der Waals surface area contributed by atoms with Gasteiger partial charge in [-0.1, -0.05) is 13.8 Å². The van der Waals surface area contributed by atoms with E-state index < -0.39 is 0 Å². The van der Waals surface area contributed by atoms with E-state index in [9.17, 15) is 4.79 Å². The molecule has 0 saturated carbocycles. The first-order valence-electron chi connectivity index (χ1n) is 5.28. The minimum atomic E-state index is 0.203. The third-order valence-electron chi connectivity index (χ3n) is 1.95. The van der Waals surface area contributed by atoms with E-state index in [0.29, 0.717) is 12.5 Å². The molecule has 0 aromatic carbocycles. The van der Waals surface area contributed by atoms with Gasteiger partial charge in [-0.25, -0.2) is 0 Å². The molecule has 0 unspecified atom stereocenters. The van der Waals surface area contributed by atoms with Crippen molar-refractivity contribution in [3.63, 3.8) is 0 Å². The van der Waals surface area contributed by atoms with E-state index in [2.05, 4.69) is 13.8 Å². The zero-order valence-electron chi connectivity index (χ0n) is 9.88. The van der Waals surface area contributed by atoms with Gasteiger partial charge >= 0.3 is 0 Å². The van der Waals surface area contributed by atoms with Crippen molar-refractivity contribution >= 4 is 5.78 Å². The van der Waals surface area contributed by atoms with Gasteiger partial charge < -0.3 is 4.74 Å². The molecule has 0 aliphatic rings. The van der Waals surface area contributed by atoms with Crippen molar-refractivity contribution in [2.24, 2.45) is 5.92 Å². The van der Waals surface area contributed by atoms with Gasteiger partial charge in [-0.3, -0.25) is 9.69 Å². The molecule has 0 atom stereocenters. The summed E-state index contributed by atoms with van der Waals surface area (Å²) in [5.74, 6) is 0.902. The summed E-state index contributed by atoms with van der Waals surface area (Å²) in [6.45, 7) is 8.87. The second kappa shape index (κ2) is 7.94. The van der Waals surface area contributed by atoms with E-state index in [0.717, 1.165) is 26.2 Å². The first-order chi connectivity index (χ1) is 6.52. The van der Waals surface area contributed by atoms with Crippen LogP contribution < -0.4 is 0 Å². The van der Waals surface area contributed by atoms with Crippen LogP contribution in [0.1, 0.15) is 27.2 Å². The van der Waals surface area contributed by atoms with Crippen LogP contribution in [0.25, 0.3) is 0 Å². The third-order valence-corrected chi connectivity index (χ3v) is 1.95. The summed E-state index contributed by atoms with van der Waals surface area (Å²) in [6.07, 6.45) is 1.11. The Balaban J connectivity index is 3.23. The van der Waals surface area contributed by atoms with Crippen LogP contribution in [-0.4, -0.2) is 44.0 Å². The second-order valence-electron chi connectivity index (χ2n) is 4.23. The van der Waals surface area contributed by atoms with Crippen LogP contribution in [-0.2, 0) is 9.53 Å². The van der Waals surface area contributed by atoms with E-state index in [-0.39, 0.29) is 5.78 Å². The van der Waals surface area contributed by atoms with Crippen LogP contribution in [0.3, 0.4) is 0 Å². The van der Waals surface area contributed by atoms with Crippen LogP contribution in [0.5, 0.6) is 0 Å². The maximum atomic E-state index is 10.7. The highest BCUT2D eigenvalue weighted by Crippen LogP contribution is 1.98. The highest BCUT2D eigenvalue weighted by Gasteiger charge is 2.01. The van der Waals surface area contributed by atoms with Gasteiger partial charge in [-0.05, 0) is 26.3 Å². The second-order valence-corrected chi connectivity index (χ2v) is 4.23. The Morgan fingerprint density at radius 3 is 2.50 bits per heavy atom. The van der Waals surface area contributed by atoms with Gasteiger partial charge in [0, 0.05) is 13.2 Å². The summed E-state index contributed by atoms with van der Waals surface area (Å²) in [7, 11) is 1.94. The Kier molecular flexibility index (Phi) is 7.71. The zero-order valence-corrected chi connectivity index (χ0v) is 9.88. The standard InChI is InChI=1S/C11H23NO2/c1-10(2)5-7-14-8-6-12(4)9-11(3)13/h10H,5-9H2,1-4H3. The number of ketones is 1. The van der Waals surface area contributed by atoms with E-state index in [1.54, 1.807) is 6.92 Å². The molecule has 0 bridgehead atoms. The summed E-state index contributed by atoms with van der Waals surface area (Å²) >= 11 is 0. The topological polar surface area (TPSA) is 29.5 Å². The predicted octanol–water partition coefficient (Wildman–Crippen LogP) is 1.57. The molecule has 0 aliphatic carbocycles. The third kappa shape index (κ3) is 9.68. The van der Waals surface area contributed by atoms with Crippen molar-refractivity contribution in [2.75, 3.05) is 33.4 Å². The molecule has 0 aromatic rings. The number of hydrogen-bond acceptors (Lipinski definition) is 3. The predicted molar refractivity (Wildman–Crippen MR) is 58.5 cm³/mol. The summed E-state index contributed by atoms with van der Waals surface area (Å²) in [6, 6.07) is 0. The maximum absolute atomic E-state index is 10.7. The first-order valence-corrected chi connectivity index (χ1v) is 5.28. The average Bonchev–Trinajstić information content (AvgIpc) is 2.01. The fourth-order valence-electron chi connectivity index (χ4n) is 1.10. The van der Waals surface area contributed by atoms with E-state index in [1.807, 2.05) is 11.9 Å². The molecule has 0 saturated heterocycles. The minimum Gasteiger partial charge on any atom is -0.380 e. The summed E-state index contributed by atoms with van der Waals surface area (Å²) < 4.78 is 5.44. The van der Waals surface area contributed by atoms with Crippen LogP contribution in [0, 0.1) is 5.92 Å². The molecule has 0 rings (SSSR count). The van der Waals surface area contributed by atoms with Crippen molar-refractivity contribution in [1.82, 2.24) is 4.90 Å². The summed E-state index contributed by atoms with van der Waals surface area (Å²) in [4.78, 5) is 12.7. The molecule has 0 fully saturated rings. The van der Waals surface area contributed by atoms with Crippen LogP contribution in [0.4, 0.5) is 0 Å². The fourth-order valence-corrected chi connectivity index (χ4v) is 1.10. The van der Waals surface area contributed by atoms with Crippen molar-refractivity contribution in [2.45, 2.75) is 27.2 Å². The quantitative estimate of drug-likeness (QED) is 0.558. The summed E-state index contributed by atoms with van der Waals surface area (Å²) in [5.41, 5.74) is 0. The van der Waals surface area contributed by atoms with Crippen molar-refractivity contribution in [3.05, 3.63) is 0 Å². The van der Waals surface area contributed by atoms with E-state index >= 15 is 0 Å². The Morgan fingerprint density at radius 1 is 1.36 bits per heavy atom. The van der Waals surface area contributed by atoms with Crippen LogP contribution in [0.15, 0.2) is 0 Å². The minimum absolute atomic E-state index is 0.203. The lowest BCUT2D eigenvalue weighted by molar-refractivity contribution is -0.117. The fraction of sp³-hybridized carbons (Fsp3) is 0.909. The molecule has 0 N–H and O–H groups in total. The maximum Gasteiger partial charge on any atom is 0.143 e. The normalized spacial score (nSPS) is 11.3. The largest absolute Gasteiger partial charge is 0.380 e. The molecule has 0 amide bonds. The molecule has 0 spiro atoms. The molecule has 84 valence electrons. The highest BCUT2D eigenvalue weighted by molar-refractivity contribution is 5.77. The molecule has 0 heterocycles. The van der Waals surface area contributed by atoms with Crippen molar-refractivity contribution in [3.8, 4) is 0 Å². The SMILES string of the molecule is CC(=O)CN(C)CCOCCC(C)C. The number of hydrogen-bond donors (Lipinski definition) is 0. The lowest BCUT2D eigenvalue weighted by Crippen LogP contribution is -2.28. The molecule has 3 heteroatoms. The first kappa shape index (κ1) is 13.6. The van der Waals surface area contributed by atoms with Crippen molar-refractivity contribution in [1.29, 1.82) is 0 Å². The smallest absolute Gasteiger partial charge is 0.143 e. The number of carbonyl (C=O) groups is 1. The number of rotatable bonds is 8. The van der Waals surface area contributed by atoms with Gasteiger partial charge in [-0.15, -0.1) is 0 Å². The molecule has 0 aliphatic heterocycles. The van der Waals surface area contributed by atoms with Gasteiger partial charge in [0.15, 0.2) is 0 Å². The van der Waals surface area contributed by atoms with E-state index in [1.165, 1.54) is 0 Å². The number of Topliss-reactive ketones (excluding diaryl/α,β-unsaturated/α-hetero) is 1. The van der Waals surface area contributed by atoms with Crippen LogP contribution in [0.2, 0.25) is 0 Å². The van der Waals surface area contributed by atoms with Crippen molar-refractivity contribution < 1.29 is 9.53 Å². The molecular formula is C11H23NO2. The number of nitrogens with zero attached hydrogens (tertiary/aromatic N) is 1. The molecule has 3 nitrogen and oxygen atoms in total. The zero-order chi connectivity index (χ0) is 11.0. The number of likely N-dealkylation sites (N-methyl/N-ethyl adjacent to an activating group) is 1. The Labute approximate surface area is 87.4 Å². The highest BCUT2D eigenvalue weighted by atomic mass is 16.5. The van der Waals surface area contributed by atoms with Gasteiger partial charge in [0.1, 0.15) is 5.78 Å². The monoisotopic (exact) mass is 201 g/mol. The average molecular weight is 201 g/mol. The van der Waals surface area contributed by atoms with Gasteiger partial charge in [0.2, 0.25) is 0 Å². The number of carbonyl (C=O) groups excluding carboxylic acids is 1. The Morgan fingerprint density at radius 2 is 2.00 bits per heavy atom. The lowest BCUT2D eigenvalue weighted by Gasteiger charge is -2.14. The molecular weight excluding hydrogens is 178 g/mol. The Hall–Kier alpha value is -0.410. The van der Waals surface area contributed by atoms with Gasteiger partial charge in [0.05, 0.1) is 13.2 Å².